The van der Waals surface area contributed by atoms with Crippen LogP contribution < -0.4 is 5.32 Å². The molecule has 3 aliphatic heterocycles. The van der Waals surface area contributed by atoms with E-state index in [1.165, 1.54) is 7.11 Å². The number of methoxy groups -OCH3 is 1. The molecule has 2 saturated heterocycles. The topological polar surface area (TPSA) is 88.2 Å². The largest absolute Gasteiger partial charge is 0.469 e. The van der Waals surface area contributed by atoms with E-state index < -0.39 is 30.1 Å². The van der Waals surface area contributed by atoms with E-state index in [1.54, 1.807) is 4.90 Å². The van der Waals surface area contributed by atoms with Gasteiger partial charge in [-0.2, -0.15) is 0 Å². The van der Waals surface area contributed by atoms with Gasteiger partial charge in [0.25, 0.3) is 0 Å². The van der Waals surface area contributed by atoms with Crippen LogP contribution in [-0.4, -0.2) is 86.2 Å². The minimum Gasteiger partial charge on any atom is -0.469 e. The maximum Gasteiger partial charge on any atom is 0.410 e. The Kier molecular flexibility index (Phi) is 8.00. The Morgan fingerprint density at radius 1 is 1.06 bits per heavy atom. The van der Waals surface area contributed by atoms with Crippen molar-refractivity contribution in [2.24, 2.45) is 5.92 Å². The van der Waals surface area contributed by atoms with Gasteiger partial charge in [0.2, 0.25) is 0 Å². The van der Waals surface area contributed by atoms with Crippen LogP contribution >= 0.6 is 0 Å². The van der Waals surface area contributed by atoms with Crippen molar-refractivity contribution in [1.82, 2.24) is 15.1 Å². The Morgan fingerprint density at radius 3 is 2.50 bits per heavy atom. The second kappa shape index (κ2) is 11.1. The molecule has 3 heterocycles. The standard InChI is InChI=1S/C26H35N3O5/c1-28-17-20(34-26(32)29-13-7-4-8-14-29)16-21(25(31)33-2)23(28)24(30)22-15-19(11-12-27-22)18-9-5-3-6-10-18/h3,5-6,9-11,20-23,27H,4,7-8,12-17H2,1-2H3/t20-,21-,22?,23-/m0/s1. The summed E-state index contributed by atoms with van der Waals surface area (Å²) in [6.07, 6.45) is 5.24. The number of carbonyl (C=O) groups is 3. The van der Waals surface area contributed by atoms with Gasteiger partial charge in [-0.3, -0.25) is 14.5 Å². The number of benzene rings is 1. The average molecular weight is 470 g/mol. The minimum atomic E-state index is -0.691. The summed E-state index contributed by atoms with van der Waals surface area (Å²) in [6, 6.07) is 9.01. The lowest BCUT2D eigenvalue weighted by Gasteiger charge is -2.42. The van der Waals surface area contributed by atoms with Crippen molar-refractivity contribution in [3.05, 3.63) is 42.0 Å². The van der Waals surface area contributed by atoms with Crippen molar-refractivity contribution in [3.63, 3.8) is 0 Å². The van der Waals surface area contributed by atoms with Crippen LogP contribution in [0.25, 0.3) is 5.57 Å². The number of ketones is 1. The van der Waals surface area contributed by atoms with Crippen LogP contribution in [0.15, 0.2) is 36.4 Å². The zero-order chi connectivity index (χ0) is 24.1. The lowest BCUT2D eigenvalue weighted by Crippen LogP contribution is -2.60. The third-order valence-corrected chi connectivity index (χ3v) is 7.17. The first-order chi connectivity index (χ1) is 16.5. The van der Waals surface area contributed by atoms with E-state index in [9.17, 15) is 14.4 Å². The van der Waals surface area contributed by atoms with Gasteiger partial charge in [0, 0.05) is 32.6 Å². The molecule has 34 heavy (non-hydrogen) atoms. The van der Waals surface area contributed by atoms with E-state index in [-0.39, 0.29) is 18.3 Å². The Balaban J connectivity index is 1.45. The number of nitrogens with one attached hydrogen (secondary N) is 1. The first-order valence-electron chi connectivity index (χ1n) is 12.2. The van der Waals surface area contributed by atoms with Crippen molar-refractivity contribution < 1.29 is 23.9 Å². The Morgan fingerprint density at radius 2 is 1.79 bits per heavy atom. The van der Waals surface area contributed by atoms with Crippen LogP contribution in [0.2, 0.25) is 0 Å². The number of likely N-dealkylation sites (tertiary alicyclic amines) is 2. The highest BCUT2D eigenvalue weighted by Crippen LogP contribution is 2.30. The second-order valence-electron chi connectivity index (χ2n) is 9.47. The van der Waals surface area contributed by atoms with Crippen LogP contribution in [0.5, 0.6) is 0 Å². The molecule has 1 N–H and O–H groups in total. The number of likely N-dealkylation sites (N-methyl/N-ethyl adjacent to an activating group) is 1. The van der Waals surface area contributed by atoms with Crippen molar-refractivity contribution in [1.29, 1.82) is 0 Å². The van der Waals surface area contributed by atoms with E-state index in [0.29, 0.717) is 32.6 Å². The Labute approximate surface area is 201 Å². The van der Waals surface area contributed by atoms with E-state index in [4.69, 9.17) is 9.47 Å². The van der Waals surface area contributed by atoms with E-state index in [0.717, 1.165) is 30.4 Å². The average Bonchev–Trinajstić information content (AvgIpc) is 2.88. The molecular formula is C26H35N3O5. The molecule has 4 atom stereocenters. The molecule has 1 aromatic carbocycles. The van der Waals surface area contributed by atoms with Crippen molar-refractivity contribution in [2.75, 3.05) is 40.3 Å². The molecule has 2 fully saturated rings. The van der Waals surface area contributed by atoms with Gasteiger partial charge in [-0.15, -0.1) is 0 Å². The molecule has 8 nitrogen and oxygen atoms in total. The number of rotatable bonds is 5. The molecule has 0 bridgehead atoms. The number of ether oxygens (including phenoxy) is 2. The quantitative estimate of drug-likeness (QED) is 0.663. The number of carbonyl (C=O) groups excluding carboxylic acids is 3. The molecule has 8 heteroatoms. The number of Topliss-reactive ketones (excluding diaryl/α,β-unsaturated/α-hetero) is 1. The first-order valence-corrected chi connectivity index (χ1v) is 12.2. The first kappa shape index (κ1) is 24.4. The fraction of sp³-hybridized carbons (Fsp3) is 0.577. The van der Waals surface area contributed by atoms with Crippen LogP contribution in [0.4, 0.5) is 4.79 Å². The van der Waals surface area contributed by atoms with Crippen molar-refractivity contribution >= 4 is 23.4 Å². The van der Waals surface area contributed by atoms with Gasteiger partial charge in [-0.05, 0) is 43.9 Å². The van der Waals surface area contributed by atoms with Crippen LogP contribution in [-0.2, 0) is 19.1 Å². The lowest BCUT2D eigenvalue weighted by atomic mass is 9.81. The number of hydrogen-bond acceptors (Lipinski definition) is 7. The van der Waals surface area contributed by atoms with E-state index in [2.05, 4.69) is 11.4 Å². The van der Waals surface area contributed by atoms with Gasteiger partial charge in [0.05, 0.1) is 25.1 Å². The van der Waals surface area contributed by atoms with Crippen LogP contribution in [0, 0.1) is 5.92 Å². The maximum absolute atomic E-state index is 13.7. The minimum absolute atomic E-state index is 0.0276. The molecule has 0 aliphatic carbocycles. The second-order valence-corrected chi connectivity index (χ2v) is 9.47. The molecule has 1 aromatic rings. The smallest absolute Gasteiger partial charge is 0.410 e. The number of piperidine rings is 2. The fourth-order valence-electron chi connectivity index (χ4n) is 5.39. The molecule has 1 amide bonds. The van der Waals surface area contributed by atoms with Crippen molar-refractivity contribution in [3.8, 4) is 0 Å². The monoisotopic (exact) mass is 469 g/mol. The van der Waals surface area contributed by atoms with Gasteiger partial charge in [0.15, 0.2) is 5.78 Å². The lowest BCUT2D eigenvalue weighted by molar-refractivity contribution is -0.156. The molecule has 0 saturated carbocycles. The predicted molar refractivity (Wildman–Crippen MR) is 128 cm³/mol. The normalized spacial score (nSPS) is 28.1. The number of nitrogens with zero attached hydrogens (tertiary/aromatic N) is 2. The van der Waals surface area contributed by atoms with E-state index >= 15 is 0 Å². The van der Waals surface area contributed by atoms with E-state index in [1.807, 2.05) is 42.3 Å². The van der Waals surface area contributed by atoms with Gasteiger partial charge in [-0.1, -0.05) is 36.4 Å². The molecule has 0 spiro atoms. The van der Waals surface area contributed by atoms with Crippen molar-refractivity contribution in [2.45, 2.75) is 50.3 Å². The SMILES string of the molecule is COC(=O)[C@H]1C[C@H](OC(=O)N2CCCCC2)CN(C)[C@@H]1C(=O)C1CC(c2ccccc2)=CCN1. The summed E-state index contributed by atoms with van der Waals surface area (Å²) in [4.78, 5) is 42.7. The van der Waals surface area contributed by atoms with Crippen LogP contribution in [0.3, 0.4) is 0 Å². The number of esters is 1. The summed E-state index contributed by atoms with van der Waals surface area (Å²) in [5.74, 6) is -1.16. The Hall–Kier alpha value is -2.71. The molecule has 1 unspecified atom stereocenters. The number of amides is 1. The maximum atomic E-state index is 13.7. The van der Waals surface area contributed by atoms with Crippen LogP contribution in [0.1, 0.15) is 37.7 Å². The molecule has 3 aliphatic rings. The highest BCUT2D eigenvalue weighted by atomic mass is 16.6. The fourth-order valence-corrected chi connectivity index (χ4v) is 5.39. The van der Waals surface area contributed by atoms with Gasteiger partial charge in [0.1, 0.15) is 6.10 Å². The molecule has 4 rings (SSSR count). The third kappa shape index (κ3) is 5.50. The zero-order valence-electron chi connectivity index (χ0n) is 20.1. The molecule has 184 valence electrons. The predicted octanol–water partition coefficient (Wildman–Crippen LogP) is 2.49. The summed E-state index contributed by atoms with van der Waals surface area (Å²) in [7, 11) is 3.15. The molecular weight excluding hydrogens is 434 g/mol. The highest BCUT2D eigenvalue weighted by Gasteiger charge is 2.46. The van der Waals surface area contributed by atoms with Gasteiger partial charge >= 0.3 is 12.1 Å². The summed E-state index contributed by atoms with van der Waals surface area (Å²) < 4.78 is 10.8. The van der Waals surface area contributed by atoms with Gasteiger partial charge in [-0.25, -0.2) is 4.79 Å². The summed E-state index contributed by atoms with van der Waals surface area (Å²) in [5, 5.41) is 3.30. The molecule has 0 aromatic heterocycles. The zero-order valence-corrected chi connectivity index (χ0v) is 20.1. The summed E-state index contributed by atoms with van der Waals surface area (Å²) >= 11 is 0. The summed E-state index contributed by atoms with van der Waals surface area (Å²) in [6.45, 7) is 2.40. The highest BCUT2D eigenvalue weighted by molar-refractivity contribution is 5.95. The Bertz CT molecular complexity index is 912. The number of hydrogen-bond donors (Lipinski definition) is 1. The van der Waals surface area contributed by atoms with Gasteiger partial charge < -0.3 is 19.7 Å². The summed E-state index contributed by atoms with van der Waals surface area (Å²) in [5.41, 5.74) is 2.23. The molecule has 0 radical (unpaired) electrons. The third-order valence-electron chi connectivity index (χ3n) is 7.17.